The molecule has 0 amide bonds. The molecule has 0 radical (unpaired) electrons. The van der Waals surface area contributed by atoms with Crippen LogP contribution in [0.25, 0.3) is 0 Å². The summed E-state index contributed by atoms with van der Waals surface area (Å²) < 4.78 is 17.3. The monoisotopic (exact) mass is 544 g/mol. The van der Waals surface area contributed by atoms with E-state index in [4.69, 9.17) is 14.2 Å². The van der Waals surface area contributed by atoms with E-state index in [0.717, 1.165) is 19.5 Å². The molecule has 10 heteroatoms. The number of rotatable bonds is 5. The lowest BCUT2D eigenvalue weighted by atomic mass is 9.50. The summed E-state index contributed by atoms with van der Waals surface area (Å²) in [5.74, 6) is -3.52. The van der Waals surface area contributed by atoms with Crippen molar-refractivity contribution in [2.45, 2.75) is 71.7 Å². The normalized spacial score (nSPS) is 41.3. The third kappa shape index (κ3) is 4.17. The molecule has 214 valence electrons. The largest absolute Gasteiger partial charge is 0.458 e. The molecule has 3 unspecified atom stereocenters. The Labute approximate surface area is 229 Å². The second-order valence-corrected chi connectivity index (χ2v) is 12.5. The molecule has 1 N–H and O–H groups in total. The number of cyclic esters (lactones) is 1. The van der Waals surface area contributed by atoms with Gasteiger partial charge in [0, 0.05) is 56.8 Å². The first-order valence-electron chi connectivity index (χ1n) is 13.9. The Morgan fingerprint density at radius 3 is 2.56 bits per heavy atom. The number of esters is 2. The second-order valence-electron chi connectivity index (χ2n) is 12.5. The third-order valence-corrected chi connectivity index (χ3v) is 10.0. The van der Waals surface area contributed by atoms with Crippen molar-refractivity contribution in [2.75, 3.05) is 33.9 Å². The maximum atomic E-state index is 14.1. The molecule has 0 spiro atoms. The summed E-state index contributed by atoms with van der Waals surface area (Å²) in [6.45, 7) is 8.80. The van der Waals surface area contributed by atoms with E-state index in [-0.39, 0.29) is 18.1 Å². The molecule has 2 heterocycles. The third-order valence-electron chi connectivity index (χ3n) is 10.0. The highest BCUT2D eigenvalue weighted by Crippen LogP contribution is 2.63. The molecule has 8 atom stereocenters. The first-order valence-corrected chi connectivity index (χ1v) is 13.9. The maximum absolute atomic E-state index is 14.1. The highest BCUT2D eigenvalue weighted by molar-refractivity contribution is 6.47. The van der Waals surface area contributed by atoms with Crippen molar-refractivity contribution in [3.63, 3.8) is 0 Å². The lowest BCUT2D eigenvalue weighted by molar-refractivity contribution is -0.175. The van der Waals surface area contributed by atoms with E-state index >= 15 is 0 Å². The topological polar surface area (TPSA) is 123 Å². The number of ketones is 2. The van der Waals surface area contributed by atoms with Crippen LogP contribution in [0, 0.1) is 28.6 Å². The summed E-state index contributed by atoms with van der Waals surface area (Å²) in [6.07, 6.45) is 1.52. The number of aliphatic hydroxyl groups is 1. The van der Waals surface area contributed by atoms with Crippen LogP contribution in [0.15, 0.2) is 22.9 Å². The van der Waals surface area contributed by atoms with Gasteiger partial charge < -0.3 is 24.3 Å². The van der Waals surface area contributed by atoms with E-state index in [1.807, 2.05) is 25.9 Å². The van der Waals surface area contributed by atoms with Crippen LogP contribution in [0.3, 0.4) is 0 Å². The molecule has 0 aromatic carbocycles. The molecule has 5 aliphatic rings. The van der Waals surface area contributed by atoms with Crippen molar-refractivity contribution in [3.05, 3.63) is 22.9 Å². The molecule has 2 aliphatic heterocycles. The molecule has 39 heavy (non-hydrogen) atoms. The van der Waals surface area contributed by atoms with Crippen molar-refractivity contribution < 1.29 is 38.5 Å². The van der Waals surface area contributed by atoms with Gasteiger partial charge in [0.2, 0.25) is 11.6 Å². The molecule has 5 rings (SSSR count). The van der Waals surface area contributed by atoms with Gasteiger partial charge in [-0.25, -0.2) is 9.80 Å². The van der Waals surface area contributed by atoms with Crippen LogP contribution in [0.1, 0.15) is 53.4 Å². The Hall–Kier alpha value is -2.56. The smallest absolute Gasteiger partial charge is 0.336 e. The Balaban J connectivity index is 1.70. The van der Waals surface area contributed by atoms with Crippen molar-refractivity contribution in [3.8, 4) is 0 Å². The van der Waals surface area contributed by atoms with Crippen molar-refractivity contribution in [2.24, 2.45) is 28.6 Å². The van der Waals surface area contributed by atoms with Gasteiger partial charge in [-0.15, -0.1) is 0 Å². The average molecular weight is 545 g/mol. The lowest BCUT2D eigenvalue weighted by Crippen LogP contribution is -2.63. The fourth-order valence-corrected chi connectivity index (χ4v) is 7.97. The van der Waals surface area contributed by atoms with Gasteiger partial charge in [0.1, 0.15) is 12.2 Å². The fourth-order valence-electron chi connectivity index (χ4n) is 7.97. The van der Waals surface area contributed by atoms with Crippen LogP contribution < -0.4 is 0 Å². The Morgan fingerprint density at radius 2 is 1.95 bits per heavy atom. The van der Waals surface area contributed by atoms with E-state index in [1.54, 1.807) is 6.20 Å². The van der Waals surface area contributed by atoms with Crippen molar-refractivity contribution in [1.82, 2.24) is 10.0 Å². The molecule has 0 aromatic heterocycles. The van der Waals surface area contributed by atoms with E-state index < -0.39 is 58.6 Å². The SMILES string of the molecule is COC[C@H]1OC(=O)/C(=C/N(C)N2CCC(C)C2)C2C(=O)C(=O)C3=C([C@H](OC(C)=O)C[C@@]4(C)C3CC[C@@H]4O)[C@]21C. The van der Waals surface area contributed by atoms with Gasteiger partial charge in [-0.05, 0) is 43.1 Å². The van der Waals surface area contributed by atoms with E-state index in [0.29, 0.717) is 36.3 Å². The first-order chi connectivity index (χ1) is 18.3. The van der Waals surface area contributed by atoms with Gasteiger partial charge in [0.25, 0.3) is 0 Å². The van der Waals surface area contributed by atoms with Crippen LogP contribution in [-0.4, -0.2) is 90.8 Å². The number of carbonyl (C=O) groups is 4. The highest BCUT2D eigenvalue weighted by atomic mass is 16.6. The van der Waals surface area contributed by atoms with Gasteiger partial charge in [0.05, 0.1) is 24.2 Å². The minimum absolute atomic E-state index is 0.00109. The molecule has 0 bridgehead atoms. The number of hydrogen-bond acceptors (Lipinski definition) is 10. The zero-order valence-electron chi connectivity index (χ0n) is 23.7. The Kier molecular flexibility index (Phi) is 7.04. The van der Waals surface area contributed by atoms with Gasteiger partial charge in [-0.1, -0.05) is 20.8 Å². The van der Waals surface area contributed by atoms with Crippen LogP contribution in [-0.2, 0) is 33.4 Å². The zero-order chi connectivity index (χ0) is 28.4. The predicted molar refractivity (Wildman–Crippen MR) is 139 cm³/mol. The second kappa shape index (κ2) is 9.82. The molecule has 1 saturated carbocycles. The number of aliphatic hydroxyl groups excluding tert-OH is 1. The fraction of sp³-hybridized carbons (Fsp3) is 0.724. The number of allylic oxidation sites excluding steroid dienone is 1. The minimum Gasteiger partial charge on any atom is -0.458 e. The highest BCUT2D eigenvalue weighted by Gasteiger charge is 2.67. The van der Waals surface area contributed by atoms with Gasteiger partial charge >= 0.3 is 11.9 Å². The number of hydrogen-bond donors (Lipinski definition) is 1. The van der Waals surface area contributed by atoms with Crippen LogP contribution in [0.2, 0.25) is 0 Å². The van der Waals surface area contributed by atoms with E-state index in [2.05, 4.69) is 11.9 Å². The molecule has 10 nitrogen and oxygen atoms in total. The molecular formula is C29H40N2O8. The summed E-state index contributed by atoms with van der Waals surface area (Å²) in [6, 6.07) is 0. The van der Waals surface area contributed by atoms with Crippen molar-refractivity contribution >= 4 is 23.5 Å². The van der Waals surface area contributed by atoms with Crippen LogP contribution in [0.5, 0.6) is 0 Å². The number of nitrogens with zero attached hydrogens (tertiary/aromatic N) is 2. The van der Waals surface area contributed by atoms with E-state index in [9.17, 15) is 24.3 Å². The van der Waals surface area contributed by atoms with Crippen LogP contribution in [0.4, 0.5) is 0 Å². The summed E-state index contributed by atoms with van der Waals surface area (Å²) in [7, 11) is 3.31. The molecule has 0 aromatic rings. The van der Waals surface area contributed by atoms with Gasteiger partial charge in [0.15, 0.2) is 0 Å². The number of hydrazine groups is 1. The number of methoxy groups -OCH3 is 1. The summed E-state index contributed by atoms with van der Waals surface area (Å²) in [5.41, 5.74) is -0.967. The molecule has 3 aliphatic carbocycles. The standard InChI is InChI=1S/C29H40N2O8/c1-15-9-10-31(12-15)30(5)13-17-23-26(35)25(34)22-18-7-8-20(33)28(18,3)11-19(38-16(2)32)24(22)29(23,4)21(14-37-6)39-27(17)36/h13,15,18-21,23,33H,7-12,14H2,1-6H3/b17-13+/t15?,18?,19-,20+,21-,23?,28+,29+/m1/s1. The quantitative estimate of drug-likeness (QED) is 0.311. The maximum Gasteiger partial charge on any atom is 0.336 e. The molecular weight excluding hydrogens is 504 g/mol. The number of fused-ring (bicyclic) bond motifs is 4. The Bertz CT molecular complexity index is 1160. The molecule has 3 fully saturated rings. The summed E-state index contributed by atoms with van der Waals surface area (Å²) >= 11 is 0. The van der Waals surface area contributed by atoms with Gasteiger partial charge in [-0.2, -0.15) is 0 Å². The molecule has 2 saturated heterocycles. The average Bonchev–Trinajstić information content (AvgIpc) is 3.42. The van der Waals surface area contributed by atoms with Crippen molar-refractivity contribution in [1.29, 1.82) is 0 Å². The minimum atomic E-state index is -1.19. The van der Waals surface area contributed by atoms with E-state index in [1.165, 1.54) is 14.0 Å². The lowest BCUT2D eigenvalue weighted by Gasteiger charge is -2.56. The van der Waals surface area contributed by atoms with Crippen LogP contribution >= 0.6 is 0 Å². The zero-order valence-corrected chi connectivity index (χ0v) is 23.7. The number of Topliss-reactive ketones (excluding diaryl/α,β-unsaturated/α-hetero) is 2. The summed E-state index contributed by atoms with van der Waals surface area (Å²) in [4.78, 5) is 53.9. The summed E-state index contributed by atoms with van der Waals surface area (Å²) in [5, 5.41) is 14.8. The predicted octanol–water partition coefficient (Wildman–Crippen LogP) is 1.81. The Morgan fingerprint density at radius 1 is 1.23 bits per heavy atom. The first kappa shape index (κ1) is 28.0. The number of carbonyl (C=O) groups excluding carboxylic acids is 4. The number of ether oxygens (including phenoxy) is 3. The van der Waals surface area contributed by atoms with Gasteiger partial charge in [-0.3, -0.25) is 14.4 Å².